The van der Waals surface area contributed by atoms with Gasteiger partial charge in [0, 0.05) is 24.6 Å². The molecule has 3 aromatic rings. The highest BCUT2D eigenvalue weighted by molar-refractivity contribution is 5.78. The van der Waals surface area contributed by atoms with Gasteiger partial charge in [0.1, 0.15) is 17.1 Å². The van der Waals surface area contributed by atoms with Crippen molar-refractivity contribution in [3.63, 3.8) is 0 Å². The standard InChI is InChI=1S/C18H17N3O3/c1-11-2-3-12(10-14(11)22)4-9-20-15-16(18(24)17(15)23)21-13-5-7-19-8-6-13/h2-3,5-8,10,20,22H,4,9H2,1H3,(H,19,21). The van der Waals surface area contributed by atoms with E-state index in [-0.39, 0.29) is 11.4 Å². The van der Waals surface area contributed by atoms with E-state index < -0.39 is 10.9 Å². The second-order valence-electron chi connectivity index (χ2n) is 5.57. The average Bonchev–Trinajstić information content (AvgIpc) is 2.60. The molecule has 122 valence electrons. The molecule has 0 spiro atoms. The van der Waals surface area contributed by atoms with E-state index in [0.717, 1.165) is 11.1 Å². The van der Waals surface area contributed by atoms with Gasteiger partial charge in [0.25, 0.3) is 10.9 Å². The molecule has 0 radical (unpaired) electrons. The maximum atomic E-state index is 11.7. The van der Waals surface area contributed by atoms with Gasteiger partial charge in [-0.3, -0.25) is 14.6 Å². The van der Waals surface area contributed by atoms with Crippen molar-refractivity contribution in [3.05, 3.63) is 74.3 Å². The van der Waals surface area contributed by atoms with Crippen LogP contribution in [0, 0.1) is 6.92 Å². The first-order valence-electron chi connectivity index (χ1n) is 7.59. The number of nitrogens with one attached hydrogen (secondary N) is 2. The monoisotopic (exact) mass is 323 g/mol. The summed E-state index contributed by atoms with van der Waals surface area (Å²) in [6.45, 7) is 2.32. The molecule has 0 bridgehead atoms. The van der Waals surface area contributed by atoms with E-state index in [1.165, 1.54) is 0 Å². The lowest BCUT2D eigenvalue weighted by molar-refractivity contribution is 0.470. The van der Waals surface area contributed by atoms with Crippen molar-refractivity contribution in [3.8, 4) is 5.75 Å². The Hall–Kier alpha value is -3.15. The number of aryl methyl sites for hydroxylation is 1. The third-order valence-corrected chi connectivity index (χ3v) is 3.85. The minimum atomic E-state index is -0.526. The van der Waals surface area contributed by atoms with Gasteiger partial charge in [0.05, 0.1) is 0 Å². The maximum Gasteiger partial charge on any atom is 0.253 e. The Balaban J connectivity index is 1.65. The number of pyridine rings is 1. The van der Waals surface area contributed by atoms with Crippen molar-refractivity contribution >= 4 is 17.1 Å². The summed E-state index contributed by atoms with van der Waals surface area (Å²) < 4.78 is 0. The third-order valence-electron chi connectivity index (χ3n) is 3.85. The van der Waals surface area contributed by atoms with Crippen LogP contribution in [0.1, 0.15) is 11.1 Å². The maximum absolute atomic E-state index is 11.7. The number of anilines is 3. The summed E-state index contributed by atoms with van der Waals surface area (Å²) in [5.41, 5.74) is 2.00. The van der Waals surface area contributed by atoms with Crippen molar-refractivity contribution < 1.29 is 5.11 Å². The third kappa shape index (κ3) is 3.12. The summed E-state index contributed by atoms with van der Waals surface area (Å²) in [5, 5.41) is 15.6. The Kier molecular flexibility index (Phi) is 4.29. The fourth-order valence-corrected chi connectivity index (χ4v) is 2.40. The zero-order chi connectivity index (χ0) is 17.1. The molecule has 24 heavy (non-hydrogen) atoms. The van der Waals surface area contributed by atoms with Gasteiger partial charge in [-0.15, -0.1) is 0 Å². The van der Waals surface area contributed by atoms with Gasteiger partial charge < -0.3 is 15.7 Å². The van der Waals surface area contributed by atoms with E-state index in [9.17, 15) is 14.7 Å². The number of benzene rings is 1. The van der Waals surface area contributed by atoms with Crippen LogP contribution in [0.4, 0.5) is 17.1 Å². The molecule has 0 amide bonds. The minimum absolute atomic E-state index is 0.252. The van der Waals surface area contributed by atoms with Crippen molar-refractivity contribution in [2.75, 3.05) is 17.2 Å². The first kappa shape index (κ1) is 15.7. The largest absolute Gasteiger partial charge is 0.508 e. The van der Waals surface area contributed by atoms with Crippen molar-refractivity contribution in [1.29, 1.82) is 0 Å². The quantitative estimate of drug-likeness (QED) is 0.602. The Morgan fingerprint density at radius 1 is 1.04 bits per heavy atom. The second kappa shape index (κ2) is 6.54. The van der Waals surface area contributed by atoms with Crippen LogP contribution in [0.25, 0.3) is 0 Å². The summed E-state index contributed by atoms with van der Waals surface area (Å²) in [6.07, 6.45) is 3.83. The lowest BCUT2D eigenvalue weighted by Gasteiger charge is -2.15. The molecule has 0 fully saturated rings. The summed E-state index contributed by atoms with van der Waals surface area (Å²) >= 11 is 0. The van der Waals surface area contributed by atoms with Gasteiger partial charge >= 0.3 is 0 Å². The zero-order valence-corrected chi connectivity index (χ0v) is 13.2. The molecule has 3 N–H and O–H groups in total. The topological polar surface area (TPSA) is 91.3 Å². The van der Waals surface area contributed by atoms with Gasteiger partial charge in [-0.25, -0.2) is 0 Å². The predicted octanol–water partition coefficient (Wildman–Crippen LogP) is 2.09. The van der Waals surface area contributed by atoms with Crippen LogP contribution in [-0.2, 0) is 6.42 Å². The Morgan fingerprint density at radius 2 is 1.75 bits per heavy atom. The van der Waals surface area contributed by atoms with Crippen molar-refractivity contribution in [2.24, 2.45) is 0 Å². The highest BCUT2D eigenvalue weighted by Gasteiger charge is 2.20. The average molecular weight is 323 g/mol. The summed E-state index contributed by atoms with van der Waals surface area (Å²) in [5.74, 6) is 0.252. The molecule has 0 unspecified atom stereocenters. The summed E-state index contributed by atoms with van der Waals surface area (Å²) in [6, 6.07) is 8.91. The normalized spacial score (nSPS) is 10.7. The van der Waals surface area contributed by atoms with Crippen molar-refractivity contribution in [2.45, 2.75) is 13.3 Å². The van der Waals surface area contributed by atoms with Crippen LogP contribution in [0.15, 0.2) is 52.3 Å². The molecular weight excluding hydrogens is 306 g/mol. The first-order valence-corrected chi connectivity index (χ1v) is 7.59. The Morgan fingerprint density at radius 3 is 2.46 bits per heavy atom. The number of rotatable bonds is 6. The van der Waals surface area contributed by atoms with Gasteiger partial charge in [-0.05, 0) is 42.7 Å². The van der Waals surface area contributed by atoms with Crippen molar-refractivity contribution in [1.82, 2.24) is 4.98 Å². The molecule has 2 aromatic carbocycles. The molecule has 1 aromatic heterocycles. The summed E-state index contributed by atoms with van der Waals surface area (Å²) in [4.78, 5) is 27.4. The zero-order valence-electron chi connectivity index (χ0n) is 13.2. The fraction of sp³-hybridized carbons (Fsp3) is 0.167. The van der Waals surface area contributed by atoms with Gasteiger partial charge in [0.15, 0.2) is 0 Å². The molecular formula is C18H17N3O3. The predicted molar refractivity (Wildman–Crippen MR) is 93.9 cm³/mol. The molecule has 0 aliphatic carbocycles. The lowest BCUT2D eigenvalue weighted by Crippen LogP contribution is -2.37. The van der Waals surface area contributed by atoms with E-state index >= 15 is 0 Å². The Labute approximate surface area is 138 Å². The molecule has 0 saturated carbocycles. The second-order valence-corrected chi connectivity index (χ2v) is 5.57. The van der Waals surface area contributed by atoms with Crippen LogP contribution < -0.4 is 21.5 Å². The fourth-order valence-electron chi connectivity index (χ4n) is 2.40. The highest BCUT2D eigenvalue weighted by Crippen LogP contribution is 2.21. The molecule has 3 rings (SSSR count). The first-order chi connectivity index (χ1) is 11.6. The molecule has 0 atom stereocenters. The van der Waals surface area contributed by atoms with Crippen LogP contribution in [0.3, 0.4) is 0 Å². The number of hydrogen-bond donors (Lipinski definition) is 3. The van der Waals surface area contributed by atoms with E-state index in [1.54, 1.807) is 30.6 Å². The Bertz CT molecular complexity index is 929. The van der Waals surface area contributed by atoms with Crippen LogP contribution in [0.5, 0.6) is 5.75 Å². The molecule has 0 aliphatic rings. The highest BCUT2D eigenvalue weighted by atomic mass is 16.3. The lowest BCUT2D eigenvalue weighted by atomic mass is 10.1. The van der Waals surface area contributed by atoms with E-state index in [0.29, 0.717) is 24.3 Å². The van der Waals surface area contributed by atoms with Gasteiger partial charge in [-0.2, -0.15) is 0 Å². The molecule has 0 aliphatic heterocycles. The number of phenolic OH excluding ortho intramolecular Hbond substituents is 1. The molecule has 6 heteroatoms. The smallest absolute Gasteiger partial charge is 0.253 e. The summed E-state index contributed by atoms with van der Waals surface area (Å²) in [7, 11) is 0. The number of nitrogens with zero attached hydrogens (tertiary/aromatic N) is 1. The minimum Gasteiger partial charge on any atom is -0.508 e. The number of phenols is 1. The number of hydrogen-bond acceptors (Lipinski definition) is 6. The SMILES string of the molecule is Cc1ccc(CCNc2c(Nc3ccncc3)c(=O)c2=O)cc1O. The van der Waals surface area contributed by atoms with Crippen LogP contribution >= 0.6 is 0 Å². The van der Waals surface area contributed by atoms with E-state index in [2.05, 4.69) is 15.6 Å². The van der Waals surface area contributed by atoms with Gasteiger partial charge in [-0.1, -0.05) is 12.1 Å². The van der Waals surface area contributed by atoms with Crippen LogP contribution in [0.2, 0.25) is 0 Å². The van der Waals surface area contributed by atoms with E-state index in [1.807, 2.05) is 19.1 Å². The molecule has 1 heterocycles. The molecule has 6 nitrogen and oxygen atoms in total. The van der Waals surface area contributed by atoms with Crippen LogP contribution in [-0.4, -0.2) is 16.6 Å². The van der Waals surface area contributed by atoms with E-state index in [4.69, 9.17) is 0 Å². The number of aromatic nitrogens is 1. The number of aromatic hydroxyl groups is 1. The van der Waals surface area contributed by atoms with Gasteiger partial charge in [0.2, 0.25) is 0 Å². The molecule has 0 saturated heterocycles.